The Balaban J connectivity index is 2.53. The molecule has 1 rings (SSSR count). The van der Waals surface area contributed by atoms with E-state index in [-0.39, 0.29) is 18.3 Å². The number of hydrogen-bond donors (Lipinski definition) is 2. The summed E-state index contributed by atoms with van der Waals surface area (Å²) in [5.74, 6) is -0.221. The van der Waals surface area contributed by atoms with Crippen molar-refractivity contribution < 1.29 is 19.4 Å². The molecular formula is C9H15NO4. The largest absolute Gasteiger partial charge is 0.494 e. The Hall–Kier alpha value is -1.23. The van der Waals surface area contributed by atoms with Gasteiger partial charge in [0.05, 0.1) is 12.1 Å². The lowest BCUT2D eigenvalue weighted by atomic mass is 10.1. The van der Waals surface area contributed by atoms with Crippen LogP contribution in [-0.2, 0) is 14.3 Å². The number of rotatable bonds is 3. The van der Waals surface area contributed by atoms with Crippen molar-refractivity contribution in [3.05, 3.63) is 12.0 Å². The van der Waals surface area contributed by atoms with Gasteiger partial charge in [-0.25, -0.2) is 0 Å². The first-order chi connectivity index (χ1) is 6.55. The second-order valence-electron chi connectivity index (χ2n) is 3.70. The van der Waals surface area contributed by atoms with Gasteiger partial charge in [-0.3, -0.25) is 4.79 Å². The molecule has 0 aromatic heterocycles. The third-order valence-corrected chi connectivity index (χ3v) is 1.72. The lowest BCUT2D eigenvalue weighted by Gasteiger charge is -2.24. The molecule has 80 valence electrons. The second kappa shape index (κ2) is 4.32. The summed E-state index contributed by atoms with van der Waals surface area (Å²) >= 11 is 0. The van der Waals surface area contributed by atoms with E-state index in [1.165, 1.54) is 6.26 Å². The molecule has 2 N–H and O–H groups in total. The van der Waals surface area contributed by atoms with Gasteiger partial charge in [-0.05, 0) is 13.8 Å². The van der Waals surface area contributed by atoms with Gasteiger partial charge >= 0.3 is 0 Å². The van der Waals surface area contributed by atoms with Gasteiger partial charge in [0.1, 0.15) is 19.5 Å². The predicted molar refractivity (Wildman–Crippen MR) is 49.3 cm³/mol. The topological polar surface area (TPSA) is 67.8 Å². The highest BCUT2D eigenvalue weighted by molar-refractivity contribution is 5.91. The van der Waals surface area contributed by atoms with E-state index in [9.17, 15) is 4.79 Å². The van der Waals surface area contributed by atoms with E-state index in [1.54, 1.807) is 13.8 Å². The minimum Gasteiger partial charge on any atom is -0.494 e. The van der Waals surface area contributed by atoms with Gasteiger partial charge in [0.15, 0.2) is 0 Å². The third kappa shape index (κ3) is 2.92. The van der Waals surface area contributed by atoms with Crippen molar-refractivity contribution in [2.75, 3.05) is 19.8 Å². The lowest BCUT2D eigenvalue weighted by Crippen LogP contribution is -2.47. The Kier molecular flexibility index (Phi) is 3.35. The number of hydrogen-bond acceptors (Lipinski definition) is 4. The fourth-order valence-corrected chi connectivity index (χ4v) is 0.896. The highest BCUT2D eigenvalue weighted by Gasteiger charge is 2.23. The zero-order valence-corrected chi connectivity index (χ0v) is 8.37. The summed E-state index contributed by atoms with van der Waals surface area (Å²) in [5.41, 5.74) is -0.654. The van der Waals surface area contributed by atoms with E-state index in [0.29, 0.717) is 13.2 Å². The Labute approximate surface area is 82.7 Å². The maximum Gasteiger partial charge on any atom is 0.290 e. The molecule has 5 heteroatoms. The normalized spacial score (nSPS) is 16.4. The predicted octanol–water partition coefficient (Wildman–Crippen LogP) is -0.238. The molecule has 1 aliphatic heterocycles. The third-order valence-electron chi connectivity index (χ3n) is 1.72. The van der Waals surface area contributed by atoms with Crippen molar-refractivity contribution in [2.45, 2.75) is 19.4 Å². The number of nitrogens with one attached hydrogen (secondary N) is 1. The zero-order chi connectivity index (χ0) is 10.6. The number of carbonyl (C=O) groups excluding carboxylic acids is 1. The molecule has 1 heterocycles. The van der Waals surface area contributed by atoms with Crippen LogP contribution in [0.2, 0.25) is 0 Å². The number of ether oxygens (including phenoxy) is 2. The van der Waals surface area contributed by atoms with Crippen LogP contribution in [0, 0.1) is 0 Å². The molecule has 14 heavy (non-hydrogen) atoms. The Morgan fingerprint density at radius 2 is 2.36 bits per heavy atom. The smallest absolute Gasteiger partial charge is 0.290 e. The molecule has 1 amide bonds. The highest BCUT2D eigenvalue weighted by Crippen LogP contribution is 2.07. The number of carbonyl (C=O) groups is 1. The highest BCUT2D eigenvalue weighted by atomic mass is 16.6. The summed E-state index contributed by atoms with van der Waals surface area (Å²) < 4.78 is 10.0. The molecule has 0 spiro atoms. The van der Waals surface area contributed by atoms with Crippen molar-refractivity contribution in [1.29, 1.82) is 0 Å². The Morgan fingerprint density at radius 1 is 1.64 bits per heavy atom. The molecular weight excluding hydrogens is 186 g/mol. The van der Waals surface area contributed by atoms with Crippen LogP contribution in [0.5, 0.6) is 0 Å². The van der Waals surface area contributed by atoms with Crippen LogP contribution in [0.4, 0.5) is 0 Å². The summed E-state index contributed by atoms with van der Waals surface area (Å²) in [7, 11) is 0. The van der Waals surface area contributed by atoms with Gasteiger partial charge < -0.3 is 19.9 Å². The molecule has 5 nitrogen and oxygen atoms in total. The fraction of sp³-hybridized carbons (Fsp3) is 0.667. The van der Waals surface area contributed by atoms with E-state index in [4.69, 9.17) is 14.6 Å². The maximum absolute atomic E-state index is 11.5. The molecule has 0 atom stereocenters. The van der Waals surface area contributed by atoms with E-state index in [1.807, 2.05) is 0 Å². The molecule has 0 bridgehead atoms. The average Bonchev–Trinajstić information content (AvgIpc) is 2.19. The van der Waals surface area contributed by atoms with Crippen molar-refractivity contribution in [3.8, 4) is 0 Å². The molecule has 0 aromatic rings. The maximum atomic E-state index is 11.5. The quantitative estimate of drug-likeness (QED) is 0.661. The number of aliphatic hydroxyl groups is 1. The van der Waals surface area contributed by atoms with E-state index in [0.717, 1.165) is 0 Å². The first kappa shape index (κ1) is 10.8. The number of amides is 1. The number of aliphatic hydroxyl groups excluding tert-OH is 1. The summed E-state index contributed by atoms with van der Waals surface area (Å²) in [5, 5.41) is 11.5. The van der Waals surface area contributed by atoms with Crippen molar-refractivity contribution in [2.24, 2.45) is 0 Å². The SMILES string of the molecule is CC(C)(CO)NC(=O)C1=COCCO1. The van der Waals surface area contributed by atoms with Gasteiger partial charge in [-0.1, -0.05) is 0 Å². The molecule has 0 aromatic carbocycles. The van der Waals surface area contributed by atoms with Crippen LogP contribution in [0.3, 0.4) is 0 Å². The second-order valence-corrected chi connectivity index (χ2v) is 3.70. The van der Waals surface area contributed by atoms with Crippen molar-refractivity contribution in [1.82, 2.24) is 5.32 Å². The van der Waals surface area contributed by atoms with Gasteiger partial charge in [-0.2, -0.15) is 0 Å². The minimum absolute atomic E-state index is 0.132. The van der Waals surface area contributed by atoms with Crippen LogP contribution in [0.15, 0.2) is 12.0 Å². The van der Waals surface area contributed by atoms with Crippen LogP contribution in [0.1, 0.15) is 13.8 Å². The average molecular weight is 201 g/mol. The van der Waals surface area contributed by atoms with Crippen LogP contribution >= 0.6 is 0 Å². The molecule has 0 saturated carbocycles. The van der Waals surface area contributed by atoms with Crippen molar-refractivity contribution in [3.63, 3.8) is 0 Å². The van der Waals surface area contributed by atoms with E-state index < -0.39 is 5.54 Å². The summed E-state index contributed by atoms with van der Waals surface area (Å²) in [6.07, 6.45) is 1.28. The molecule has 0 saturated heterocycles. The van der Waals surface area contributed by atoms with Crippen LogP contribution in [0.25, 0.3) is 0 Å². The summed E-state index contributed by atoms with van der Waals surface area (Å²) in [4.78, 5) is 11.5. The van der Waals surface area contributed by atoms with Gasteiger partial charge in [0.25, 0.3) is 5.91 Å². The van der Waals surface area contributed by atoms with E-state index in [2.05, 4.69) is 5.32 Å². The van der Waals surface area contributed by atoms with Gasteiger partial charge in [0, 0.05) is 0 Å². The lowest BCUT2D eigenvalue weighted by molar-refractivity contribution is -0.124. The molecule has 0 fully saturated rings. The molecule has 0 aliphatic carbocycles. The summed E-state index contributed by atoms with van der Waals surface area (Å²) in [6, 6.07) is 0. The van der Waals surface area contributed by atoms with Gasteiger partial charge in [0.2, 0.25) is 5.76 Å². The molecule has 1 aliphatic rings. The van der Waals surface area contributed by atoms with Gasteiger partial charge in [-0.15, -0.1) is 0 Å². The molecule has 0 radical (unpaired) electrons. The zero-order valence-electron chi connectivity index (χ0n) is 8.37. The van der Waals surface area contributed by atoms with Crippen LogP contribution in [-0.4, -0.2) is 36.4 Å². The monoisotopic (exact) mass is 201 g/mol. The molecule has 0 unspecified atom stereocenters. The summed E-state index contributed by atoms with van der Waals surface area (Å²) in [6.45, 7) is 4.14. The first-order valence-corrected chi connectivity index (χ1v) is 4.43. The first-order valence-electron chi connectivity index (χ1n) is 4.43. The Morgan fingerprint density at radius 3 is 2.86 bits per heavy atom. The fourth-order valence-electron chi connectivity index (χ4n) is 0.896. The Bertz CT molecular complexity index is 247. The van der Waals surface area contributed by atoms with Crippen LogP contribution < -0.4 is 5.32 Å². The van der Waals surface area contributed by atoms with Crippen molar-refractivity contribution >= 4 is 5.91 Å². The van der Waals surface area contributed by atoms with E-state index >= 15 is 0 Å². The standard InChI is InChI=1S/C9H15NO4/c1-9(2,6-11)10-8(12)7-5-13-3-4-14-7/h5,11H,3-4,6H2,1-2H3,(H,10,12). The minimum atomic E-state index is -0.654.